The molecule has 1 saturated heterocycles. The first-order chi connectivity index (χ1) is 15.0. The molecular weight excluding hydrogens is 426 g/mol. The quantitative estimate of drug-likeness (QED) is 0.678. The lowest BCUT2D eigenvalue weighted by Gasteiger charge is -2.33. The van der Waals surface area contributed by atoms with E-state index in [9.17, 15) is 9.59 Å². The molecule has 5 nitrogen and oxygen atoms in total. The van der Waals surface area contributed by atoms with Crippen molar-refractivity contribution >= 4 is 40.6 Å². The predicted molar refractivity (Wildman–Crippen MR) is 129 cm³/mol. The second-order valence-electron chi connectivity index (χ2n) is 8.86. The first kappa shape index (κ1) is 22.4. The molecule has 2 aliphatic rings. The summed E-state index contributed by atoms with van der Waals surface area (Å²) in [5, 5.41) is 3.18. The average molecular weight is 458 g/mol. The normalized spacial score (nSPS) is 17.8. The lowest BCUT2D eigenvalue weighted by Crippen LogP contribution is -2.49. The topological polar surface area (TPSA) is 52.7 Å². The first-order valence-corrected chi connectivity index (χ1v) is 12.9. The van der Waals surface area contributed by atoms with Gasteiger partial charge in [0.15, 0.2) is 0 Å². The zero-order valence-corrected chi connectivity index (χ0v) is 19.9. The number of likely N-dealkylation sites (tertiary alicyclic amines) is 1. The zero-order valence-electron chi connectivity index (χ0n) is 18.3. The molecule has 3 heterocycles. The molecule has 0 atom stereocenters. The Labute approximate surface area is 193 Å². The maximum Gasteiger partial charge on any atom is 0.240 e. The van der Waals surface area contributed by atoms with Gasteiger partial charge in [0.05, 0.1) is 15.6 Å². The number of amides is 2. The Kier molecular flexibility index (Phi) is 7.35. The van der Waals surface area contributed by atoms with Gasteiger partial charge in [0.25, 0.3) is 0 Å². The monoisotopic (exact) mass is 457 g/mol. The highest BCUT2D eigenvalue weighted by molar-refractivity contribution is 8.02. The number of carbonyl (C=O) groups excluding carboxylic acids is 2. The fourth-order valence-corrected chi connectivity index (χ4v) is 6.77. The molecule has 31 heavy (non-hydrogen) atoms. The van der Waals surface area contributed by atoms with E-state index in [0.717, 1.165) is 48.8 Å². The number of thiophene rings is 1. The minimum atomic E-state index is -0.0516. The van der Waals surface area contributed by atoms with E-state index in [0.29, 0.717) is 11.7 Å². The van der Waals surface area contributed by atoms with E-state index in [-0.39, 0.29) is 24.4 Å². The summed E-state index contributed by atoms with van der Waals surface area (Å²) in [5.74, 6) is 0.966. The van der Waals surface area contributed by atoms with Crippen LogP contribution in [0.15, 0.2) is 40.6 Å². The van der Waals surface area contributed by atoms with Gasteiger partial charge in [0, 0.05) is 30.6 Å². The van der Waals surface area contributed by atoms with Crippen LogP contribution in [0.3, 0.4) is 0 Å². The second kappa shape index (κ2) is 10.2. The highest BCUT2D eigenvalue weighted by Crippen LogP contribution is 2.42. The fourth-order valence-electron chi connectivity index (χ4n) is 4.21. The highest BCUT2D eigenvalue weighted by Gasteiger charge is 2.30. The van der Waals surface area contributed by atoms with Gasteiger partial charge in [-0.05, 0) is 36.8 Å². The number of carbonyl (C=O) groups is 2. The molecule has 4 rings (SSSR count). The number of nitrogens with zero attached hydrogens (tertiary/aromatic N) is 2. The largest absolute Gasteiger partial charge is 0.352 e. The Morgan fingerprint density at radius 3 is 2.65 bits per heavy atom. The van der Waals surface area contributed by atoms with Crippen molar-refractivity contribution in [2.24, 2.45) is 5.92 Å². The number of benzene rings is 1. The van der Waals surface area contributed by atoms with E-state index < -0.39 is 0 Å². The van der Waals surface area contributed by atoms with Gasteiger partial charge in [-0.1, -0.05) is 44.2 Å². The van der Waals surface area contributed by atoms with E-state index >= 15 is 0 Å². The van der Waals surface area contributed by atoms with Crippen molar-refractivity contribution in [3.05, 3.63) is 46.8 Å². The van der Waals surface area contributed by atoms with Gasteiger partial charge in [0.2, 0.25) is 11.8 Å². The van der Waals surface area contributed by atoms with Gasteiger partial charge >= 0.3 is 0 Å². The minimum Gasteiger partial charge on any atom is -0.352 e. The highest BCUT2D eigenvalue weighted by atomic mass is 32.2. The van der Waals surface area contributed by atoms with Gasteiger partial charge in [0.1, 0.15) is 6.54 Å². The summed E-state index contributed by atoms with van der Waals surface area (Å²) in [7, 11) is 0. The van der Waals surface area contributed by atoms with Crippen LogP contribution in [0, 0.1) is 5.92 Å². The number of rotatable bonds is 7. The number of piperidine rings is 1. The van der Waals surface area contributed by atoms with E-state index in [2.05, 4.69) is 54.4 Å². The van der Waals surface area contributed by atoms with Crippen LogP contribution in [0.2, 0.25) is 0 Å². The third kappa shape index (κ3) is 5.90. The van der Waals surface area contributed by atoms with E-state index in [4.69, 9.17) is 0 Å². The van der Waals surface area contributed by atoms with E-state index in [1.807, 2.05) is 6.07 Å². The summed E-state index contributed by atoms with van der Waals surface area (Å²) in [5.41, 5.74) is 2.25. The molecule has 1 N–H and O–H groups in total. The summed E-state index contributed by atoms with van der Waals surface area (Å²) in [6, 6.07) is 12.8. The third-order valence-corrected chi connectivity index (χ3v) is 8.17. The molecule has 1 fully saturated rings. The van der Waals surface area contributed by atoms with Crippen LogP contribution >= 0.6 is 23.1 Å². The molecule has 0 aliphatic carbocycles. The molecule has 2 aliphatic heterocycles. The van der Waals surface area contributed by atoms with Crippen molar-refractivity contribution in [1.29, 1.82) is 0 Å². The number of fused-ring (bicyclic) bond motifs is 1. The molecule has 0 bridgehead atoms. The molecule has 0 saturated carbocycles. The molecule has 0 radical (unpaired) electrons. The number of thioether (sulfide) groups is 1. The Balaban J connectivity index is 1.29. The summed E-state index contributed by atoms with van der Waals surface area (Å²) in [4.78, 5) is 30.7. The van der Waals surface area contributed by atoms with Crippen molar-refractivity contribution in [3.8, 4) is 0 Å². The Bertz CT molecular complexity index is 905. The lowest BCUT2D eigenvalue weighted by atomic mass is 10.0. The smallest absolute Gasteiger partial charge is 0.240 e. The third-order valence-electron chi connectivity index (χ3n) is 5.76. The van der Waals surface area contributed by atoms with Gasteiger partial charge in [-0.2, -0.15) is 0 Å². The Hall–Kier alpha value is -1.83. The Morgan fingerprint density at radius 1 is 1.19 bits per heavy atom. The molecule has 7 heteroatoms. The fraction of sp³-hybridized carbons (Fsp3) is 0.500. The maximum absolute atomic E-state index is 12.8. The number of hydrogen-bond donors (Lipinski definition) is 1. The number of nitrogens with one attached hydrogen (secondary N) is 1. The van der Waals surface area contributed by atoms with Crippen LogP contribution in [0.5, 0.6) is 0 Å². The molecule has 2 amide bonds. The SMILES string of the molecule is CC(C)Cc1cc2c(s1)SCC(=O)N2CC(=O)NC1CCN(Cc2ccccc2)CC1. The van der Waals surface area contributed by atoms with Crippen LogP contribution in [-0.4, -0.2) is 48.1 Å². The molecule has 1 aromatic heterocycles. The standard InChI is InChI=1S/C24H31N3O2S2/c1-17(2)12-20-13-21-24(31-20)30-16-23(29)27(21)15-22(28)25-19-8-10-26(11-9-19)14-18-6-4-3-5-7-18/h3-7,13,17,19H,8-12,14-16H2,1-2H3,(H,25,28). The van der Waals surface area contributed by atoms with Crippen LogP contribution in [-0.2, 0) is 22.6 Å². The lowest BCUT2D eigenvalue weighted by molar-refractivity contribution is -0.123. The molecule has 2 aromatic rings. The van der Waals surface area contributed by atoms with Gasteiger partial charge < -0.3 is 10.2 Å². The second-order valence-corrected chi connectivity index (χ2v) is 11.2. The number of hydrogen-bond acceptors (Lipinski definition) is 5. The summed E-state index contributed by atoms with van der Waals surface area (Å²) in [6.07, 6.45) is 2.91. The molecule has 1 aromatic carbocycles. The van der Waals surface area contributed by atoms with Crippen LogP contribution in [0.4, 0.5) is 5.69 Å². The zero-order chi connectivity index (χ0) is 21.8. The van der Waals surface area contributed by atoms with Crippen molar-refractivity contribution in [3.63, 3.8) is 0 Å². The molecule has 0 spiro atoms. The van der Waals surface area contributed by atoms with E-state index in [1.165, 1.54) is 10.4 Å². The van der Waals surface area contributed by atoms with Crippen LogP contribution < -0.4 is 10.2 Å². The summed E-state index contributed by atoms with van der Waals surface area (Å²) < 4.78 is 1.16. The number of anilines is 1. The van der Waals surface area contributed by atoms with Gasteiger partial charge in [-0.25, -0.2) is 0 Å². The summed E-state index contributed by atoms with van der Waals surface area (Å²) in [6.45, 7) is 7.44. The Morgan fingerprint density at radius 2 is 1.94 bits per heavy atom. The minimum absolute atomic E-state index is 0.0271. The first-order valence-electron chi connectivity index (χ1n) is 11.1. The van der Waals surface area contributed by atoms with Gasteiger partial charge in [-0.15, -0.1) is 23.1 Å². The molecule has 166 valence electrons. The van der Waals surface area contributed by atoms with Crippen LogP contribution in [0.25, 0.3) is 0 Å². The van der Waals surface area contributed by atoms with E-state index in [1.54, 1.807) is 28.0 Å². The van der Waals surface area contributed by atoms with Crippen molar-refractivity contribution < 1.29 is 9.59 Å². The average Bonchev–Trinajstić information content (AvgIpc) is 3.14. The van der Waals surface area contributed by atoms with Crippen molar-refractivity contribution in [2.75, 3.05) is 30.3 Å². The predicted octanol–water partition coefficient (Wildman–Crippen LogP) is 4.17. The molecule has 0 unspecified atom stereocenters. The van der Waals surface area contributed by atoms with Crippen LogP contribution in [0.1, 0.15) is 37.1 Å². The van der Waals surface area contributed by atoms with Crippen molar-refractivity contribution in [1.82, 2.24) is 10.2 Å². The maximum atomic E-state index is 12.8. The van der Waals surface area contributed by atoms with Gasteiger partial charge in [-0.3, -0.25) is 14.5 Å². The van der Waals surface area contributed by atoms with Crippen molar-refractivity contribution in [2.45, 2.75) is 49.9 Å². The summed E-state index contributed by atoms with van der Waals surface area (Å²) >= 11 is 3.37. The molecular formula is C24H31N3O2S2.